The predicted molar refractivity (Wildman–Crippen MR) is 53.0 cm³/mol. The number of hydrogen-bond acceptors (Lipinski definition) is 3. The van der Waals surface area contributed by atoms with Crippen molar-refractivity contribution in [3.8, 4) is 0 Å². The lowest BCUT2D eigenvalue weighted by Crippen LogP contribution is -2.50. The number of ether oxygens (including phenoxy) is 2. The van der Waals surface area contributed by atoms with Gasteiger partial charge in [0.05, 0.1) is 18.3 Å². The van der Waals surface area contributed by atoms with Gasteiger partial charge in [-0.3, -0.25) is 0 Å². The average Bonchev–Trinajstić information content (AvgIpc) is 2.42. The largest absolute Gasteiger partial charge is 0.388 e. The molecule has 0 radical (unpaired) electrons. The maximum Gasteiger partial charge on any atom is 0.107 e. The molecule has 0 aromatic rings. The number of rotatable bonds is 1. The first-order chi connectivity index (χ1) is 6.57. The van der Waals surface area contributed by atoms with Crippen molar-refractivity contribution in [2.24, 2.45) is 17.8 Å². The Morgan fingerprint density at radius 1 is 1.00 bits per heavy atom. The molecule has 0 aromatic heterocycles. The Balaban J connectivity index is 2.24. The van der Waals surface area contributed by atoms with E-state index in [1.807, 2.05) is 0 Å². The highest BCUT2D eigenvalue weighted by atomic mass is 16.5. The zero-order valence-corrected chi connectivity index (χ0v) is 9.31. The standard InChI is InChI=1S/C11H20O3/c1-5-6(2)11-8(12)10(13-4)7(3)9(5)14-11/h5-12H,1-4H3/t5-,6-,7-,8?,9-,10+,11+/m1/s1. The van der Waals surface area contributed by atoms with Crippen molar-refractivity contribution in [1.82, 2.24) is 0 Å². The average molecular weight is 200 g/mol. The Morgan fingerprint density at radius 3 is 2.14 bits per heavy atom. The second-order valence-corrected chi connectivity index (χ2v) is 4.83. The van der Waals surface area contributed by atoms with Crippen molar-refractivity contribution in [3.05, 3.63) is 0 Å². The van der Waals surface area contributed by atoms with E-state index < -0.39 is 6.10 Å². The monoisotopic (exact) mass is 200 g/mol. The second kappa shape index (κ2) is 3.47. The molecule has 1 N–H and O–H groups in total. The van der Waals surface area contributed by atoms with Crippen LogP contribution in [0.2, 0.25) is 0 Å². The highest BCUT2D eigenvalue weighted by Gasteiger charge is 2.54. The number of aliphatic hydroxyl groups is 1. The van der Waals surface area contributed by atoms with Gasteiger partial charge in [0.25, 0.3) is 0 Å². The van der Waals surface area contributed by atoms with E-state index in [0.29, 0.717) is 11.8 Å². The predicted octanol–water partition coefficient (Wildman–Crippen LogP) is 1.05. The van der Waals surface area contributed by atoms with Crippen LogP contribution in [0.25, 0.3) is 0 Å². The number of fused-ring (bicyclic) bond motifs is 2. The molecule has 14 heavy (non-hydrogen) atoms. The first kappa shape index (κ1) is 10.4. The Bertz CT molecular complexity index is 195. The highest BCUT2D eigenvalue weighted by molar-refractivity contribution is 5.01. The van der Waals surface area contributed by atoms with Crippen molar-refractivity contribution in [2.45, 2.75) is 45.2 Å². The molecule has 2 fully saturated rings. The van der Waals surface area contributed by atoms with Crippen LogP contribution in [0.4, 0.5) is 0 Å². The number of hydrogen-bond donors (Lipinski definition) is 1. The molecule has 2 saturated heterocycles. The normalized spacial score (nSPS) is 57.6. The Labute approximate surface area is 85.4 Å². The molecule has 3 nitrogen and oxygen atoms in total. The second-order valence-electron chi connectivity index (χ2n) is 4.83. The fourth-order valence-corrected chi connectivity index (χ4v) is 3.06. The van der Waals surface area contributed by atoms with E-state index in [2.05, 4.69) is 20.8 Å². The van der Waals surface area contributed by atoms with Gasteiger partial charge < -0.3 is 14.6 Å². The van der Waals surface area contributed by atoms with Crippen LogP contribution < -0.4 is 0 Å². The van der Waals surface area contributed by atoms with Crippen LogP contribution >= 0.6 is 0 Å². The first-order valence-electron chi connectivity index (χ1n) is 5.44. The van der Waals surface area contributed by atoms with Crippen molar-refractivity contribution in [2.75, 3.05) is 7.11 Å². The molecule has 7 atom stereocenters. The fourth-order valence-electron chi connectivity index (χ4n) is 3.06. The van der Waals surface area contributed by atoms with Crippen LogP contribution in [0.3, 0.4) is 0 Å². The summed E-state index contributed by atoms with van der Waals surface area (Å²) in [6.45, 7) is 6.46. The van der Waals surface area contributed by atoms with E-state index in [4.69, 9.17) is 9.47 Å². The van der Waals surface area contributed by atoms with E-state index >= 15 is 0 Å². The zero-order valence-electron chi connectivity index (χ0n) is 9.31. The van der Waals surface area contributed by atoms with E-state index in [1.54, 1.807) is 7.11 Å². The minimum atomic E-state index is -0.466. The lowest BCUT2D eigenvalue weighted by Gasteiger charge is -2.38. The molecular formula is C11H20O3. The van der Waals surface area contributed by atoms with Crippen LogP contribution in [0.5, 0.6) is 0 Å². The van der Waals surface area contributed by atoms with Gasteiger partial charge in [-0.15, -0.1) is 0 Å². The molecule has 0 aliphatic carbocycles. The third kappa shape index (κ3) is 1.23. The molecule has 2 rings (SSSR count). The minimum Gasteiger partial charge on any atom is -0.388 e. The molecule has 0 aromatic carbocycles. The zero-order chi connectivity index (χ0) is 10.5. The summed E-state index contributed by atoms with van der Waals surface area (Å²) < 4.78 is 11.2. The minimum absolute atomic E-state index is 0.0313. The summed E-state index contributed by atoms with van der Waals surface area (Å²) >= 11 is 0. The summed E-state index contributed by atoms with van der Waals surface area (Å²) in [4.78, 5) is 0. The topological polar surface area (TPSA) is 38.7 Å². The molecule has 2 aliphatic rings. The van der Waals surface area contributed by atoms with E-state index in [0.717, 1.165) is 0 Å². The fraction of sp³-hybridized carbons (Fsp3) is 1.00. The lowest BCUT2D eigenvalue weighted by atomic mass is 9.88. The van der Waals surface area contributed by atoms with E-state index in [1.165, 1.54) is 0 Å². The van der Waals surface area contributed by atoms with Gasteiger partial charge in [0, 0.05) is 13.0 Å². The van der Waals surface area contributed by atoms with Gasteiger partial charge in [-0.1, -0.05) is 20.8 Å². The summed E-state index contributed by atoms with van der Waals surface area (Å²) in [5.74, 6) is 1.23. The van der Waals surface area contributed by atoms with Gasteiger partial charge in [-0.05, 0) is 11.8 Å². The number of aliphatic hydroxyl groups excluding tert-OH is 1. The molecule has 0 saturated carbocycles. The van der Waals surface area contributed by atoms with Gasteiger partial charge >= 0.3 is 0 Å². The summed E-state index contributed by atoms with van der Waals surface area (Å²) in [6.07, 6.45) is -0.308. The van der Waals surface area contributed by atoms with Crippen molar-refractivity contribution < 1.29 is 14.6 Å². The molecule has 82 valence electrons. The smallest absolute Gasteiger partial charge is 0.107 e. The summed E-state index contributed by atoms with van der Waals surface area (Å²) in [6, 6.07) is 0. The van der Waals surface area contributed by atoms with Gasteiger partial charge in [0.1, 0.15) is 6.10 Å². The van der Waals surface area contributed by atoms with Crippen molar-refractivity contribution in [3.63, 3.8) is 0 Å². The molecule has 0 amide bonds. The van der Waals surface area contributed by atoms with Crippen LogP contribution in [0, 0.1) is 17.8 Å². The quantitative estimate of drug-likeness (QED) is 0.687. The van der Waals surface area contributed by atoms with Crippen LogP contribution in [-0.2, 0) is 9.47 Å². The summed E-state index contributed by atoms with van der Waals surface area (Å²) in [5.41, 5.74) is 0. The maximum absolute atomic E-state index is 10.1. The van der Waals surface area contributed by atoms with Gasteiger partial charge in [-0.2, -0.15) is 0 Å². The molecule has 2 bridgehead atoms. The van der Waals surface area contributed by atoms with Crippen LogP contribution in [0.15, 0.2) is 0 Å². The van der Waals surface area contributed by atoms with Crippen LogP contribution in [-0.4, -0.2) is 36.6 Å². The lowest BCUT2D eigenvalue weighted by molar-refractivity contribution is -0.181. The van der Waals surface area contributed by atoms with Gasteiger partial charge in [0.2, 0.25) is 0 Å². The van der Waals surface area contributed by atoms with E-state index in [-0.39, 0.29) is 24.2 Å². The molecule has 2 aliphatic heterocycles. The molecule has 2 heterocycles. The molecule has 3 heteroatoms. The number of methoxy groups -OCH3 is 1. The Morgan fingerprint density at radius 2 is 1.57 bits per heavy atom. The van der Waals surface area contributed by atoms with Gasteiger partial charge in [-0.25, -0.2) is 0 Å². The SMILES string of the molecule is CO[C@@H]1C(O)[C@H]2O[C@H]([C@H](C)[C@H]2C)[C@H]1C. The summed E-state index contributed by atoms with van der Waals surface area (Å²) in [7, 11) is 1.67. The molecule has 0 spiro atoms. The third-order valence-corrected chi connectivity index (χ3v) is 4.16. The Hall–Kier alpha value is -0.120. The first-order valence-corrected chi connectivity index (χ1v) is 5.44. The van der Waals surface area contributed by atoms with Gasteiger partial charge in [0.15, 0.2) is 0 Å². The van der Waals surface area contributed by atoms with Crippen molar-refractivity contribution in [1.29, 1.82) is 0 Å². The van der Waals surface area contributed by atoms with Crippen LogP contribution in [0.1, 0.15) is 20.8 Å². The highest BCUT2D eigenvalue weighted by Crippen LogP contribution is 2.44. The summed E-state index contributed by atoms with van der Waals surface area (Å²) in [5, 5.41) is 10.1. The molecule has 1 unspecified atom stereocenters. The van der Waals surface area contributed by atoms with Crippen molar-refractivity contribution >= 4 is 0 Å². The van der Waals surface area contributed by atoms with E-state index in [9.17, 15) is 5.11 Å². The Kier molecular flexibility index (Phi) is 2.58. The third-order valence-electron chi connectivity index (χ3n) is 4.16. The maximum atomic E-state index is 10.1. The molecular weight excluding hydrogens is 180 g/mol.